The van der Waals surface area contributed by atoms with Gasteiger partial charge in [-0.2, -0.15) is 33.7 Å². The maximum atomic E-state index is 13.4. The lowest BCUT2D eigenvalue weighted by atomic mass is 10.1. The molecule has 0 unspecified atom stereocenters. The number of carbonyl (C=O) groups is 5. The van der Waals surface area contributed by atoms with Gasteiger partial charge in [0, 0.05) is 58.4 Å². The molecule has 4 aromatic carbocycles. The van der Waals surface area contributed by atoms with Crippen molar-refractivity contribution in [1.82, 2.24) is 18.3 Å². The summed E-state index contributed by atoms with van der Waals surface area (Å²) < 4.78 is 141. The zero-order valence-corrected chi connectivity index (χ0v) is 42.7. The largest absolute Gasteiger partial charge is 0.337 e. The van der Waals surface area contributed by atoms with Crippen molar-refractivity contribution in [1.29, 1.82) is 0 Å². The second kappa shape index (κ2) is 19.5. The van der Waals surface area contributed by atoms with E-state index in [1.807, 2.05) is 0 Å². The first-order valence-electron chi connectivity index (χ1n) is 21.4. The molecule has 0 radical (unpaired) electrons. The van der Waals surface area contributed by atoms with Crippen LogP contribution in [-0.4, -0.2) is 99.8 Å². The average Bonchev–Trinajstić information content (AvgIpc) is 4.09. The summed E-state index contributed by atoms with van der Waals surface area (Å²) in [5.41, 5.74) is -0.817. The van der Waals surface area contributed by atoms with Crippen molar-refractivity contribution in [3.05, 3.63) is 132 Å². The van der Waals surface area contributed by atoms with Gasteiger partial charge in [-0.15, -0.1) is 0 Å². The van der Waals surface area contributed by atoms with Gasteiger partial charge in [-0.1, -0.05) is 18.2 Å². The maximum Gasteiger partial charge on any atom is 0.325 e. The van der Waals surface area contributed by atoms with Crippen molar-refractivity contribution < 1.29 is 75.9 Å². The Morgan fingerprint density at radius 2 is 0.763 bits per heavy atom. The molecule has 0 aliphatic carbocycles. The zero-order chi connectivity index (χ0) is 55.6. The van der Waals surface area contributed by atoms with E-state index in [0.717, 1.165) is 48.5 Å². The molecule has 31 heteroatoms. The summed E-state index contributed by atoms with van der Waals surface area (Å²) in [5, 5.41) is 15.3. The highest BCUT2D eigenvalue weighted by molar-refractivity contribution is 7.86. The van der Waals surface area contributed by atoms with Crippen molar-refractivity contribution in [3.63, 3.8) is 0 Å². The Hall–Kier alpha value is -8.69. The SMILES string of the molecule is Cn1cc(C(=O)Nc2cc(C(=O)Nc3cc4cc(S(=O)(=O)O)ccc4cc3S(=O)(=O)O)cn2C)cc1NC(=O)Nc1cc(C(=O)Nc2cc(C(=O)Nc3ccc4cc(S(=O)(=O)O)ccc4c3S(=O)(=O)O)cn2C)cn1C. The number of amides is 6. The van der Waals surface area contributed by atoms with Crippen LogP contribution < -0.4 is 31.9 Å². The number of hydrogen-bond donors (Lipinski definition) is 10. The smallest absolute Gasteiger partial charge is 0.325 e. The fraction of sp³-hybridized carbons (Fsp3) is 0.0889. The summed E-state index contributed by atoms with van der Waals surface area (Å²) in [6, 6.07) is 15.1. The van der Waals surface area contributed by atoms with E-state index in [-0.39, 0.29) is 72.8 Å². The topological polar surface area (TPSA) is 395 Å². The second-order valence-corrected chi connectivity index (χ2v) is 22.5. The molecule has 8 rings (SSSR count). The van der Waals surface area contributed by atoms with E-state index in [1.165, 1.54) is 108 Å². The van der Waals surface area contributed by atoms with Gasteiger partial charge in [0.25, 0.3) is 64.1 Å². The third kappa shape index (κ3) is 11.3. The molecule has 396 valence electrons. The third-order valence-electron chi connectivity index (χ3n) is 11.5. The predicted molar refractivity (Wildman–Crippen MR) is 273 cm³/mol. The quantitative estimate of drug-likeness (QED) is 0.0641. The predicted octanol–water partition coefficient (Wildman–Crippen LogP) is 4.99. The first kappa shape index (κ1) is 53.6. The highest BCUT2D eigenvalue weighted by Gasteiger charge is 2.26. The van der Waals surface area contributed by atoms with Crippen LogP contribution in [0.1, 0.15) is 41.4 Å². The van der Waals surface area contributed by atoms with Gasteiger partial charge in [0.2, 0.25) is 0 Å². The molecule has 6 amide bonds. The van der Waals surface area contributed by atoms with E-state index in [1.54, 1.807) is 0 Å². The summed E-state index contributed by atoms with van der Waals surface area (Å²) in [5.74, 6) is -2.63. The van der Waals surface area contributed by atoms with Gasteiger partial charge in [0.05, 0.1) is 43.4 Å². The summed E-state index contributed by atoms with van der Waals surface area (Å²) in [4.78, 5) is 64.3. The minimum Gasteiger partial charge on any atom is -0.337 e. The maximum absolute atomic E-state index is 13.4. The Kier molecular flexibility index (Phi) is 13.8. The molecular formula is C45H40N10O17S4. The Morgan fingerprint density at radius 1 is 0.382 bits per heavy atom. The monoisotopic (exact) mass is 1120 g/mol. The number of aryl methyl sites for hydroxylation is 4. The fourth-order valence-electron chi connectivity index (χ4n) is 7.82. The summed E-state index contributed by atoms with van der Waals surface area (Å²) in [7, 11) is -13.2. The van der Waals surface area contributed by atoms with E-state index in [9.17, 15) is 75.9 Å². The van der Waals surface area contributed by atoms with Crippen LogP contribution in [0.2, 0.25) is 0 Å². The number of aromatic nitrogens is 4. The highest BCUT2D eigenvalue weighted by Crippen LogP contribution is 2.34. The molecule has 0 spiro atoms. The molecule has 4 aromatic heterocycles. The molecule has 0 aliphatic heterocycles. The van der Waals surface area contributed by atoms with E-state index < -0.39 is 95.4 Å². The lowest BCUT2D eigenvalue weighted by Gasteiger charge is -2.12. The normalized spacial score (nSPS) is 12.1. The molecule has 4 heterocycles. The fourth-order valence-corrected chi connectivity index (χ4v) is 10.4. The Morgan fingerprint density at radius 3 is 1.18 bits per heavy atom. The van der Waals surface area contributed by atoms with Gasteiger partial charge in [-0.3, -0.25) is 48.0 Å². The van der Waals surface area contributed by atoms with Crippen LogP contribution in [0.15, 0.2) is 129 Å². The van der Waals surface area contributed by atoms with E-state index in [2.05, 4.69) is 31.9 Å². The third-order valence-corrected chi connectivity index (χ3v) is 15.1. The van der Waals surface area contributed by atoms with Gasteiger partial charge >= 0.3 is 6.03 Å². The minimum absolute atomic E-state index is 0.00552. The molecule has 27 nitrogen and oxygen atoms in total. The molecule has 0 saturated carbocycles. The summed E-state index contributed by atoms with van der Waals surface area (Å²) in [6.45, 7) is 0. The van der Waals surface area contributed by atoms with Crippen molar-refractivity contribution >= 4 is 126 Å². The van der Waals surface area contributed by atoms with Crippen LogP contribution in [0.5, 0.6) is 0 Å². The molecule has 76 heavy (non-hydrogen) atoms. The van der Waals surface area contributed by atoms with Gasteiger partial charge in [0.1, 0.15) is 33.1 Å². The van der Waals surface area contributed by atoms with Gasteiger partial charge in [-0.25, -0.2) is 4.79 Å². The number of fused-ring (bicyclic) bond motifs is 2. The first-order chi connectivity index (χ1) is 35.3. The molecule has 0 atom stereocenters. The molecule has 10 N–H and O–H groups in total. The van der Waals surface area contributed by atoms with Gasteiger partial charge in [-0.05, 0) is 82.9 Å². The van der Waals surface area contributed by atoms with E-state index in [0.29, 0.717) is 0 Å². The van der Waals surface area contributed by atoms with Gasteiger partial charge in [0.15, 0.2) is 0 Å². The van der Waals surface area contributed by atoms with Crippen LogP contribution in [-0.2, 0) is 68.7 Å². The van der Waals surface area contributed by atoms with E-state index in [4.69, 9.17) is 0 Å². The van der Waals surface area contributed by atoms with Crippen LogP contribution in [0.4, 0.5) is 39.4 Å². The lowest BCUT2D eigenvalue weighted by Crippen LogP contribution is -2.22. The number of hydrogen-bond acceptors (Lipinski definition) is 13. The number of nitrogens with zero attached hydrogens (tertiary/aromatic N) is 4. The number of anilines is 6. The average molecular weight is 1120 g/mol. The second-order valence-electron chi connectivity index (χ2n) is 16.9. The van der Waals surface area contributed by atoms with Crippen molar-refractivity contribution in [2.75, 3.05) is 31.9 Å². The standard InChI is InChI=1S/C45H40N10O17S4/c1-52-19-26(41(56)46-33-10-6-24-11-31(74(64,65)66)8-9-32(24)40(33)76(70,71)72)15-36(52)48-43(58)28-17-38(54(3)21-28)50-45(60)51-39-18-29(22-55(39)4)44(59)49-37-16-27(20-53(37)2)42(57)47-34-13-25-12-30(73(61,62)63)7-5-23(25)14-35(34)75(67,68)69/h5-22H,1-4H3,(H,46,56)(H,47,57)(H,48,58)(H,49,59)(H2,50,51,60)(H,61,62,63)(H,64,65,66)(H,67,68,69)(H,70,71,72). The first-order valence-corrected chi connectivity index (χ1v) is 27.1. The van der Waals surface area contributed by atoms with Crippen LogP contribution in [0.3, 0.4) is 0 Å². The molecule has 0 aliphatic rings. The minimum atomic E-state index is -5.02. The van der Waals surface area contributed by atoms with Gasteiger partial charge < -0.3 is 39.5 Å². The van der Waals surface area contributed by atoms with Crippen LogP contribution in [0.25, 0.3) is 21.5 Å². The van der Waals surface area contributed by atoms with Crippen LogP contribution >= 0.6 is 0 Å². The number of rotatable bonds is 14. The Balaban J connectivity index is 0.891. The van der Waals surface area contributed by atoms with Crippen LogP contribution in [0, 0.1) is 0 Å². The van der Waals surface area contributed by atoms with Crippen molar-refractivity contribution in [3.8, 4) is 0 Å². The highest BCUT2D eigenvalue weighted by atomic mass is 32.2. The summed E-state index contributed by atoms with van der Waals surface area (Å²) in [6.07, 6.45) is 5.40. The molecule has 0 saturated heterocycles. The number of benzene rings is 4. The molecule has 0 bridgehead atoms. The Labute approximate surface area is 430 Å². The Bertz CT molecular complexity index is 4290. The zero-order valence-electron chi connectivity index (χ0n) is 39.4. The number of nitrogens with one attached hydrogen (secondary N) is 6. The lowest BCUT2D eigenvalue weighted by molar-refractivity contribution is 0.101. The van der Waals surface area contributed by atoms with Crippen molar-refractivity contribution in [2.24, 2.45) is 28.2 Å². The number of carbonyl (C=O) groups excluding carboxylic acids is 5. The molecule has 0 fully saturated rings. The van der Waals surface area contributed by atoms with Crippen molar-refractivity contribution in [2.45, 2.75) is 19.6 Å². The summed E-state index contributed by atoms with van der Waals surface area (Å²) >= 11 is 0. The molecular weight excluding hydrogens is 1080 g/mol. The molecule has 8 aromatic rings. The number of urea groups is 1. The van der Waals surface area contributed by atoms with E-state index >= 15 is 0 Å².